The molecule has 0 aromatic rings. The van der Waals surface area contributed by atoms with E-state index in [2.05, 4.69) is 19.2 Å². The summed E-state index contributed by atoms with van der Waals surface area (Å²) in [6.07, 6.45) is -0.0959. The second kappa shape index (κ2) is 3.56. The van der Waals surface area contributed by atoms with Gasteiger partial charge < -0.3 is 4.74 Å². The van der Waals surface area contributed by atoms with E-state index in [1.807, 2.05) is 0 Å². The van der Waals surface area contributed by atoms with Crippen molar-refractivity contribution in [3.8, 4) is 0 Å². The standard InChI is InChI=1S/C6H10O2S/c1-4(2)8-6(7)5(3)9/h4,9H,3H2,1-2H3. The maximum absolute atomic E-state index is 10.6. The second-order valence-corrected chi connectivity index (χ2v) is 2.44. The third-order valence-electron chi connectivity index (χ3n) is 0.578. The van der Waals surface area contributed by atoms with Crippen molar-refractivity contribution in [1.29, 1.82) is 0 Å². The van der Waals surface area contributed by atoms with Crippen molar-refractivity contribution in [3.05, 3.63) is 11.5 Å². The molecule has 0 aromatic heterocycles. The number of carbonyl (C=O) groups excluding carboxylic acids is 1. The van der Waals surface area contributed by atoms with Crippen LogP contribution >= 0.6 is 12.6 Å². The monoisotopic (exact) mass is 146 g/mol. The molecule has 0 N–H and O–H groups in total. The van der Waals surface area contributed by atoms with Gasteiger partial charge in [0.15, 0.2) is 0 Å². The number of thiol groups is 1. The van der Waals surface area contributed by atoms with Crippen LogP contribution < -0.4 is 0 Å². The normalized spacial score (nSPS) is 9.33. The van der Waals surface area contributed by atoms with E-state index < -0.39 is 5.97 Å². The number of carbonyl (C=O) groups is 1. The minimum Gasteiger partial charge on any atom is -0.459 e. The fourth-order valence-corrected chi connectivity index (χ4v) is 0.335. The SMILES string of the molecule is C=C(S)C(=O)OC(C)C. The zero-order chi connectivity index (χ0) is 7.44. The largest absolute Gasteiger partial charge is 0.459 e. The first-order chi connectivity index (χ1) is 4.04. The van der Waals surface area contributed by atoms with Crippen molar-refractivity contribution in [3.63, 3.8) is 0 Å². The van der Waals surface area contributed by atoms with Crippen LogP contribution in [-0.4, -0.2) is 12.1 Å². The van der Waals surface area contributed by atoms with Crippen LogP contribution in [0.1, 0.15) is 13.8 Å². The molecular weight excluding hydrogens is 136 g/mol. The molecule has 0 unspecified atom stereocenters. The predicted molar refractivity (Wildman–Crippen MR) is 39.4 cm³/mol. The van der Waals surface area contributed by atoms with Crippen LogP contribution in [0.15, 0.2) is 11.5 Å². The zero-order valence-corrected chi connectivity index (χ0v) is 6.44. The van der Waals surface area contributed by atoms with E-state index in [1.165, 1.54) is 0 Å². The Hall–Kier alpha value is -0.440. The van der Waals surface area contributed by atoms with Crippen molar-refractivity contribution in [2.75, 3.05) is 0 Å². The molecule has 0 amide bonds. The molecule has 0 aromatic carbocycles. The molecular formula is C6H10O2S. The topological polar surface area (TPSA) is 26.3 Å². The van der Waals surface area contributed by atoms with E-state index in [4.69, 9.17) is 4.74 Å². The first-order valence-electron chi connectivity index (χ1n) is 2.63. The summed E-state index contributed by atoms with van der Waals surface area (Å²) in [6, 6.07) is 0. The number of esters is 1. The summed E-state index contributed by atoms with van der Waals surface area (Å²) in [4.78, 5) is 10.7. The average molecular weight is 146 g/mol. The van der Waals surface area contributed by atoms with E-state index in [1.54, 1.807) is 13.8 Å². The highest BCUT2D eigenvalue weighted by atomic mass is 32.1. The number of hydrogen-bond acceptors (Lipinski definition) is 3. The summed E-state index contributed by atoms with van der Waals surface area (Å²) in [5.41, 5.74) is 0. The van der Waals surface area contributed by atoms with Crippen molar-refractivity contribution < 1.29 is 9.53 Å². The Labute approximate surface area is 60.3 Å². The minimum atomic E-state index is -0.451. The Balaban J connectivity index is 3.65. The first-order valence-corrected chi connectivity index (χ1v) is 3.07. The highest BCUT2D eigenvalue weighted by Gasteiger charge is 2.04. The summed E-state index contributed by atoms with van der Waals surface area (Å²) in [5, 5.41) is 0. The lowest BCUT2D eigenvalue weighted by atomic mass is 10.5. The fraction of sp³-hybridized carbons (Fsp3) is 0.500. The van der Waals surface area contributed by atoms with Crippen LogP contribution in [0.2, 0.25) is 0 Å². The van der Waals surface area contributed by atoms with Gasteiger partial charge in [-0.15, -0.1) is 12.6 Å². The van der Waals surface area contributed by atoms with E-state index >= 15 is 0 Å². The molecule has 0 aliphatic rings. The van der Waals surface area contributed by atoms with Gasteiger partial charge in [0.05, 0.1) is 11.0 Å². The van der Waals surface area contributed by atoms with E-state index in [0.717, 1.165) is 0 Å². The van der Waals surface area contributed by atoms with Gasteiger partial charge in [-0.3, -0.25) is 0 Å². The zero-order valence-electron chi connectivity index (χ0n) is 5.55. The highest BCUT2D eigenvalue weighted by Crippen LogP contribution is 2.00. The number of hydrogen-bond donors (Lipinski definition) is 1. The smallest absolute Gasteiger partial charge is 0.343 e. The Morgan fingerprint density at radius 3 is 2.22 bits per heavy atom. The molecule has 0 aliphatic heterocycles. The molecule has 0 atom stereocenters. The van der Waals surface area contributed by atoms with Crippen molar-refractivity contribution >= 4 is 18.6 Å². The molecule has 0 bridgehead atoms. The lowest BCUT2D eigenvalue weighted by Gasteiger charge is -2.05. The predicted octanol–water partition coefficient (Wildman–Crippen LogP) is 1.38. The third kappa shape index (κ3) is 4.09. The van der Waals surface area contributed by atoms with Crippen molar-refractivity contribution in [2.24, 2.45) is 0 Å². The Kier molecular flexibility index (Phi) is 3.39. The van der Waals surface area contributed by atoms with E-state index in [9.17, 15) is 4.79 Å². The van der Waals surface area contributed by atoms with Gasteiger partial charge in [0.25, 0.3) is 0 Å². The Morgan fingerprint density at radius 1 is 1.67 bits per heavy atom. The van der Waals surface area contributed by atoms with E-state index in [0.29, 0.717) is 0 Å². The summed E-state index contributed by atoms with van der Waals surface area (Å²) in [5.74, 6) is -0.451. The third-order valence-corrected chi connectivity index (χ3v) is 0.761. The molecule has 0 spiro atoms. The Morgan fingerprint density at radius 2 is 2.11 bits per heavy atom. The second-order valence-electron chi connectivity index (χ2n) is 1.90. The highest BCUT2D eigenvalue weighted by molar-refractivity contribution is 7.85. The van der Waals surface area contributed by atoms with Gasteiger partial charge in [-0.05, 0) is 13.8 Å². The van der Waals surface area contributed by atoms with Crippen molar-refractivity contribution in [1.82, 2.24) is 0 Å². The lowest BCUT2D eigenvalue weighted by Crippen LogP contribution is -2.10. The number of ether oxygens (including phenoxy) is 1. The quantitative estimate of drug-likeness (QED) is 0.362. The molecule has 0 saturated carbocycles. The molecule has 0 saturated heterocycles. The molecule has 2 nitrogen and oxygen atoms in total. The van der Waals surface area contributed by atoms with Crippen LogP contribution in [0.4, 0.5) is 0 Å². The van der Waals surface area contributed by atoms with Gasteiger partial charge in [-0.25, -0.2) is 4.79 Å². The summed E-state index contributed by atoms with van der Waals surface area (Å²) >= 11 is 3.70. The van der Waals surface area contributed by atoms with Crippen molar-refractivity contribution in [2.45, 2.75) is 20.0 Å². The lowest BCUT2D eigenvalue weighted by molar-refractivity contribution is -0.141. The first kappa shape index (κ1) is 8.56. The molecule has 0 radical (unpaired) electrons. The molecule has 0 heterocycles. The van der Waals surface area contributed by atoms with Gasteiger partial charge in [0.1, 0.15) is 0 Å². The summed E-state index contributed by atoms with van der Waals surface area (Å²) in [6.45, 7) is 6.84. The fourth-order valence-electron chi connectivity index (χ4n) is 0.282. The van der Waals surface area contributed by atoms with Gasteiger partial charge in [0, 0.05) is 0 Å². The van der Waals surface area contributed by atoms with Gasteiger partial charge in [-0.1, -0.05) is 6.58 Å². The van der Waals surface area contributed by atoms with Crippen LogP contribution in [0, 0.1) is 0 Å². The maximum atomic E-state index is 10.6. The summed E-state index contributed by atoms with van der Waals surface area (Å²) < 4.78 is 4.70. The molecule has 0 fully saturated rings. The maximum Gasteiger partial charge on any atom is 0.343 e. The summed E-state index contributed by atoms with van der Waals surface area (Å²) in [7, 11) is 0. The van der Waals surface area contributed by atoms with Crippen LogP contribution in [0.3, 0.4) is 0 Å². The molecule has 52 valence electrons. The molecule has 0 rings (SSSR count). The molecule has 3 heteroatoms. The van der Waals surface area contributed by atoms with Crippen LogP contribution in [0.25, 0.3) is 0 Å². The van der Waals surface area contributed by atoms with Gasteiger partial charge in [0.2, 0.25) is 0 Å². The average Bonchev–Trinajstić information content (AvgIpc) is 1.63. The van der Waals surface area contributed by atoms with E-state index in [-0.39, 0.29) is 11.0 Å². The Bertz CT molecular complexity index is 129. The molecule has 0 aliphatic carbocycles. The van der Waals surface area contributed by atoms with Gasteiger partial charge >= 0.3 is 5.97 Å². The van der Waals surface area contributed by atoms with Gasteiger partial charge in [-0.2, -0.15) is 0 Å². The minimum absolute atomic E-state index is 0.0959. The molecule has 9 heavy (non-hydrogen) atoms. The van der Waals surface area contributed by atoms with Crippen LogP contribution in [-0.2, 0) is 9.53 Å². The number of rotatable bonds is 2. The van der Waals surface area contributed by atoms with Crippen LogP contribution in [0.5, 0.6) is 0 Å².